The molecule has 1 atom stereocenters. The van der Waals surface area contributed by atoms with Gasteiger partial charge in [0.05, 0.1) is 24.1 Å². The molecule has 12 heteroatoms. The number of ether oxygens (including phenoxy) is 2. The number of aromatic nitrogens is 1. The van der Waals surface area contributed by atoms with E-state index in [1.54, 1.807) is 23.8 Å². The number of halogens is 2. The van der Waals surface area contributed by atoms with Crippen molar-refractivity contribution in [3.05, 3.63) is 53.4 Å². The summed E-state index contributed by atoms with van der Waals surface area (Å²) >= 11 is 0. The van der Waals surface area contributed by atoms with Crippen LogP contribution in [0.3, 0.4) is 0 Å². The topological polar surface area (TPSA) is 101 Å². The number of piperazine rings is 1. The van der Waals surface area contributed by atoms with Crippen molar-refractivity contribution in [2.24, 2.45) is 0 Å². The molecule has 0 aliphatic carbocycles. The number of nitrogens with one attached hydrogen (secondary N) is 1. The summed E-state index contributed by atoms with van der Waals surface area (Å²) in [6.07, 6.45) is 0.760. The molecule has 0 radical (unpaired) electrons. The minimum atomic E-state index is -4.19. The molecule has 0 bridgehead atoms. The van der Waals surface area contributed by atoms with Crippen LogP contribution < -0.4 is 14.2 Å². The number of carbonyl (C=O) groups is 1. The van der Waals surface area contributed by atoms with Crippen LogP contribution in [0.4, 0.5) is 8.78 Å². The largest absolute Gasteiger partial charge is 0.492 e. The normalized spacial score (nSPS) is 16.3. The number of benzene rings is 1. The molecule has 0 saturated carbocycles. The van der Waals surface area contributed by atoms with E-state index in [4.69, 9.17) is 9.47 Å². The van der Waals surface area contributed by atoms with E-state index in [-0.39, 0.29) is 13.1 Å². The Morgan fingerprint density at radius 1 is 1.15 bits per heavy atom. The number of nitrogens with zero attached hydrogens (tertiary/aromatic N) is 3. The van der Waals surface area contributed by atoms with Crippen LogP contribution in [0.25, 0.3) is 0 Å². The highest BCUT2D eigenvalue weighted by molar-refractivity contribution is 7.87. The molecule has 1 amide bonds. The maximum absolute atomic E-state index is 14.6. The zero-order valence-electron chi connectivity index (χ0n) is 18.5. The van der Waals surface area contributed by atoms with Gasteiger partial charge in [0, 0.05) is 26.2 Å². The Labute approximate surface area is 191 Å². The minimum absolute atomic E-state index is 0.181. The Morgan fingerprint density at radius 3 is 2.45 bits per heavy atom. The Bertz CT molecular complexity index is 1090. The molecular formula is C21H26F2N4O5S. The predicted molar refractivity (Wildman–Crippen MR) is 116 cm³/mol. The predicted octanol–water partition coefficient (Wildman–Crippen LogP) is 2.12. The fraction of sp³-hybridized carbons (Fsp3) is 0.429. The lowest BCUT2D eigenvalue weighted by Crippen LogP contribution is -2.52. The standard InChI is InChI=1S/C21H26F2N4O5S/c1-4-31-15-5-7-17(24-13-15)14(2)32-18-8-6-16(19(22)20(18)23)21(28)25-33(29,30)27-11-9-26(3)10-12-27/h5-8,13-14H,4,9-12H2,1-3H3,(H,25,28). The summed E-state index contributed by atoms with van der Waals surface area (Å²) in [5.74, 6) is -4.05. The van der Waals surface area contributed by atoms with Gasteiger partial charge in [-0.3, -0.25) is 9.78 Å². The molecule has 1 saturated heterocycles. The smallest absolute Gasteiger partial charge is 0.304 e. The van der Waals surface area contributed by atoms with E-state index < -0.39 is 45.2 Å². The minimum Gasteiger partial charge on any atom is -0.492 e. The van der Waals surface area contributed by atoms with E-state index >= 15 is 0 Å². The fourth-order valence-electron chi connectivity index (χ4n) is 3.20. The molecule has 0 spiro atoms. The van der Waals surface area contributed by atoms with Gasteiger partial charge in [0.2, 0.25) is 5.82 Å². The second kappa shape index (κ2) is 10.4. The van der Waals surface area contributed by atoms with Gasteiger partial charge in [-0.15, -0.1) is 0 Å². The first-order chi connectivity index (χ1) is 15.6. The third kappa shape index (κ3) is 5.95. The molecule has 1 aromatic carbocycles. The number of pyridine rings is 1. The number of likely N-dealkylation sites (N-methyl/N-ethyl adjacent to an activating group) is 1. The summed E-state index contributed by atoms with van der Waals surface area (Å²) in [7, 11) is -2.34. The number of carbonyl (C=O) groups excluding carboxylic acids is 1. The van der Waals surface area contributed by atoms with Gasteiger partial charge in [0.15, 0.2) is 11.6 Å². The molecule has 180 valence electrons. The first-order valence-corrected chi connectivity index (χ1v) is 11.8. The van der Waals surface area contributed by atoms with E-state index in [2.05, 4.69) is 4.98 Å². The first kappa shape index (κ1) is 24.8. The molecule has 1 N–H and O–H groups in total. The van der Waals surface area contributed by atoms with Crippen LogP contribution in [0, 0.1) is 11.6 Å². The molecule has 1 fully saturated rings. The first-order valence-electron chi connectivity index (χ1n) is 10.4. The average Bonchev–Trinajstić information content (AvgIpc) is 2.77. The Morgan fingerprint density at radius 2 is 1.85 bits per heavy atom. The van der Waals surface area contributed by atoms with Gasteiger partial charge < -0.3 is 14.4 Å². The lowest BCUT2D eigenvalue weighted by Gasteiger charge is -2.31. The third-order valence-electron chi connectivity index (χ3n) is 5.11. The molecule has 9 nitrogen and oxygen atoms in total. The molecule has 3 rings (SSSR count). The molecule has 2 aromatic rings. The van der Waals surface area contributed by atoms with Crippen molar-refractivity contribution in [2.75, 3.05) is 39.8 Å². The van der Waals surface area contributed by atoms with E-state index in [0.717, 1.165) is 16.4 Å². The van der Waals surface area contributed by atoms with Gasteiger partial charge in [0.1, 0.15) is 11.9 Å². The lowest BCUT2D eigenvalue weighted by atomic mass is 10.1. The SMILES string of the molecule is CCOc1ccc(C(C)Oc2ccc(C(=O)NS(=O)(=O)N3CCN(C)CC3)c(F)c2F)nc1. The van der Waals surface area contributed by atoms with Crippen molar-refractivity contribution in [1.82, 2.24) is 18.9 Å². The Kier molecular flexibility index (Phi) is 7.82. The zero-order chi connectivity index (χ0) is 24.2. The highest BCUT2D eigenvalue weighted by Crippen LogP contribution is 2.28. The van der Waals surface area contributed by atoms with Gasteiger partial charge in [-0.1, -0.05) is 0 Å². The van der Waals surface area contributed by atoms with Crippen LogP contribution in [0.1, 0.15) is 36.0 Å². The van der Waals surface area contributed by atoms with E-state index in [0.29, 0.717) is 31.1 Å². The van der Waals surface area contributed by atoms with Crippen LogP contribution in [0.15, 0.2) is 30.5 Å². The zero-order valence-corrected chi connectivity index (χ0v) is 19.4. The van der Waals surface area contributed by atoms with Crippen molar-refractivity contribution in [1.29, 1.82) is 0 Å². The maximum atomic E-state index is 14.6. The van der Waals surface area contributed by atoms with Crippen molar-refractivity contribution < 1.29 is 31.5 Å². The monoisotopic (exact) mass is 484 g/mol. The Hall–Kier alpha value is -2.83. The van der Waals surface area contributed by atoms with Crippen molar-refractivity contribution in [3.63, 3.8) is 0 Å². The van der Waals surface area contributed by atoms with Crippen molar-refractivity contribution in [3.8, 4) is 11.5 Å². The van der Waals surface area contributed by atoms with Gasteiger partial charge in [-0.05, 0) is 45.2 Å². The highest BCUT2D eigenvalue weighted by atomic mass is 32.2. The number of hydrogen-bond acceptors (Lipinski definition) is 7. The van der Waals surface area contributed by atoms with E-state index in [9.17, 15) is 22.0 Å². The van der Waals surface area contributed by atoms with Gasteiger partial charge in [-0.25, -0.2) is 9.11 Å². The second-order valence-electron chi connectivity index (χ2n) is 7.49. The van der Waals surface area contributed by atoms with Gasteiger partial charge >= 0.3 is 10.2 Å². The average molecular weight is 485 g/mol. The summed E-state index contributed by atoms with van der Waals surface area (Å²) in [5, 5.41) is 0. The van der Waals surface area contributed by atoms with Crippen LogP contribution >= 0.6 is 0 Å². The molecular weight excluding hydrogens is 458 g/mol. The number of hydrogen-bond donors (Lipinski definition) is 1. The molecule has 2 heterocycles. The molecule has 33 heavy (non-hydrogen) atoms. The maximum Gasteiger partial charge on any atom is 0.304 e. The van der Waals surface area contributed by atoms with Crippen LogP contribution in [0.5, 0.6) is 11.5 Å². The summed E-state index contributed by atoms with van der Waals surface area (Å²) in [6.45, 7) is 5.26. The van der Waals surface area contributed by atoms with Gasteiger partial charge in [0.25, 0.3) is 5.91 Å². The third-order valence-corrected chi connectivity index (χ3v) is 6.59. The van der Waals surface area contributed by atoms with Crippen molar-refractivity contribution in [2.45, 2.75) is 20.0 Å². The van der Waals surface area contributed by atoms with Gasteiger partial charge in [-0.2, -0.15) is 17.1 Å². The second-order valence-corrected chi connectivity index (χ2v) is 9.16. The number of rotatable bonds is 8. The summed E-state index contributed by atoms with van der Waals surface area (Å²) in [5.41, 5.74) is -0.289. The van der Waals surface area contributed by atoms with Crippen molar-refractivity contribution >= 4 is 16.1 Å². The van der Waals surface area contributed by atoms with Crippen LogP contribution in [-0.2, 0) is 10.2 Å². The van der Waals surface area contributed by atoms with E-state index in [1.807, 2.05) is 18.9 Å². The highest BCUT2D eigenvalue weighted by Gasteiger charge is 2.29. The summed E-state index contributed by atoms with van der Waals surface area (Å²) in [4.78, 5) is 18.5. The fourth-order valence-corrected chi connectivity index (χ4v) is 4.32. The summed E-state index contributed by atoms with van der Waals surface area (Å²) < 4.78 is 67.7. The molecule has 1 aliphatic heterocycles. The van der Waals surface area contributed by atoms with E-state index in [1.165, 1.54) is 6.20 Å². The van der Waals surface area contributed by atoms with Crippen LogP contribution in [-0.4, -0.2) is 68.3 Å². The quantitative estimate of drug-likeness (QED) is 0.613. The Balaban J connectivity index is 1.70. The lowest BCUT2D eigenvalue weighted by molar-refractivity contribution is 0.0972. The van der Waals surface area contributed by atoms with Crippen LogP contribution in [0.2, 0.25) is 0 Å². The molecule has 1 aliphatic rings. The number of amides is 1. The summed E-state index contributed by atoms with van der Waals surface area (Å²) in [6, 6.07) is 5.35. The molecule has 1 unspecified atom stereocenters. The molecule has 1 aromatic heterocycles.